The highest BCUT2D eigenvalue weighted by atomic mass is 16.5. The normalized spacial score (nSPS) is 29.0. The lowest BCUT2D eigenvalue weighted by atomic mass is 10.1. The van der Waals surface area contributed by atoms with E-state index in [1.165, 1.54) is 6.07 Å². The third-order valence-electron chi connectivity index (χ3n) is 2.48. The molecule has 0 aromatic heterocycles. The van der Waals surface area contributed by atoms with Crippen molar-refractivity contribution in [3.63, 3.8) is 0 Å². The second-order valence-corrected chi connectivity index (χ2v) is 3.38. The summed E-state index contributed by atoms with van der Waals surface area (Å²) in [7, 11) is 0. The summed E-state index contributed by atoms with van der Waals surface area (Å²) < 4.78 is 5.41. The van der Waals surface area contributed by atoms with E-state index in [0.29, 0.717) is 11.7 Å². The van der Waals surface area contributed by atoms with Crippen molar-refractivity contribution in [3.05, 3.63) is 17.7 Å². The molecule has 1 aromatic carbocycles. The number of ether oxygens (including phenoxy) is 1. The van der Waals surface area contributed by atoms with Crippen LogP contribution in [-0.2, 0) is 0 Å². The molecule has 0 radical (unpaired) electrons. The largest absolute Gasteiger partial charge is 0.508 e. The van der Waals surface area contributed by atoms with Crippen molar-refractivity contribution in [3.8, 4) is 17.2 Å². The Bertz CT molecular complexity index is 359. The van der Waals surface area contributed by atoms with Crippen molar-refractivity contribution in [2.45, 2.75) is 18.4 Å². The average molecular weight is 164 g/mol. The summed E-state index contributed by atoms with van der Waals surface area (Å²) in [5.41, 5.74) is 0.956. The molecule has 1 saturated carbocycles. The zero-order chi connectivity index (χ0) is 8.29. The van der Waals surface area contributed by atoms with Gasteiger partial charge in [-0.1, -0.05) is 0 Å². The first-order valence-electron chi connectivity index (χ1n) is 3.98. The van der Waals surface area contributed by atoms with Gasteiger partial charge >= 0.3 is 0 Å². The Labute approximate surface area is 69.2 Å². The van der Waals surface area contributed by atoms with Crippen LogP contribution in [0.1, 0.15) is 17.9 Å². The van der Waals surface area contributed by atoms with Gasteiger partial charge in [0.15, 0.2) is 11.5 Å². The van der Waals surface area contributed by atoms with Gasteiger partial charge in [0.25, 0.3) is 0 Å². The van der Waals surface area contributed by atoms with Crippen molar-refractivity contribution in [2.75, 3.05) is 0 Å². The molecule has 0 spiro atoms. The maximum Gasteiger partial charge on any atom is 0.165 e. The van der Waals surface area contributed by atoms with Crippen LogP contribution in [0.5, 0.6) is 17.2 Å². The Balaban J connectivity index is 2.24. The highest BCUT2D eigenvalue weighted by Crippen LogP contribution is 2.57. The van der Waals surface area contributed by atoms with Gasteiger partial charge < -0.3 is 14.9 Å². The minimum absolute atomic E-state index is 0.0530. The monoisotopic (exact) mass is 164 g/mol. The predicted molar refractivity (Wildman–Crippen MR) is 41.5 cm³/mol. The number of aromatic hydroxyl groups is 2. The minimum atomic E-state index is 0.0530. The van der Waals surface area contributed by atoms with E-state index >= 15 is 0 Å². The SMILES string of the molecule is Oc1cc(O)c2c(c1)[C@@H]1C[C@@H]1O2. The zero-order valence-electron chi connectivity index (χ0n) is 6.32. The second kappa shape index (κ2) is 1.68. The summed E-state index contributed by atoms with van der Waals surface area (Å²) in [4.78, 5) is 0. The molecule has 3 rings (SSSR count). The summed E-state index contributed by atoms with van der Waals surface area (Å²) in [6.45, 7) is 0. The summed E-state index contributed by atoms with van der Waals surface area (Å²) in [5.74, 6) is 1.15. The molecular formula is C9H8O3. The smallest absolute Gasteiger partial charge is 0.165 e. The molecule has 1 fully saturated rings. The van der Waals surface area contributed by atoms with E-state index in [1.54, 1.807) is 6.07 Å². The zero-order valence-corrected chi connectivity index (χ0v) is 6.32. The van der Waals surface area contributed by atoms with Crippen LogP contribution in [0.2, 0.25) is 0 Å². The van der Waals surface area contributed by atoms with E-state index in [-0.39, 0.29) is 17.6 Å². The lowest BCUT2D eigenvalue weighted by Crippen LogP contribution is -1.91. The van der Waals surface area contributed by atoms with Crippen molar-refractivity contribution in [1.29, 1.82) is 0 Å². The van der Waals surface area contributed by atoms with Gasteiger partial charge in [0.2, 0.25) is 0 Å². The molecule has 1 aliphatic heterocycles. The summed E-state index contributed by atoms with van der Waals surface area (Å²) in [6, 6.07) is 2.98. The molecular weight excluding hydrogens is 156 g/mol. The van der Waals surface area contributed by atoms with Crippen LogP contribution < -0.4 is 4.74 Å². The Morgan fingerprint density at radius 2 is 2.17 bits per heavy atom. The molecule has 0 amide bonds. The van der Waals surface area contributed by atoms with Crippen molar-refractivity contribution in [1.82, 2.24) is 0 Å². The fraction of sp³-hybridized carbons (Fsp3) is 0.333. The molecule has 12 heavy (non-hydrogen) atoms. The maximum atomic E-state index is 9.37. The minimum Gasteiger partial charge on any atom is -0.508 e. The summed E-state index contributed by atoms with van der Waals surface area (Å²) in [6.07, 6.45) is 1.28. The number of phenolic OH excluding ortho intramolecular Hbond substituents is 2. The molecule has 2 aliphatic rings. The highest BCUT2D eigenvalue weighted by molar-refractivity contribution is 5.57. The number of hydrogen-bond acceptors (Lipinski definition) is 3. The number of phenols is 2. The Morgan fingerprint density at radius 1 is 1.33 bits per heavy atom. The van der Waals surface area contributed by atoms with Gasteiger partial charge in [-0.15, -0.1) is 0 Å². The van der Waals surface area contributed by atoms with E-state index in [0.717, 1.165) is 12.0 Å². The van der Waals surface area contributed by atoms with Gasteiger partial charge in [-0.05, 0) is 12.5 Å². The maximum absolute atomic E-state index is 9.37. The fourth-order valence-electron chi connectivity index (χ4n) is 1.80. The molecule has 2 N–H and O–H groups in total. The van der Waals surface area contributed by atoms with Crippen LogP contribution in [0.3, 0.4) is 0 Å². The molecule has 0 bridgehead atoms. The van der Waals surface area contributed by atoms with Crippen LogP contribution >= 0.6 is 0 Å². The fourth-order valence-corrected chi connectivity index (χ4v) is 1.80. The first kappa shape index (κ1) is 6.17. The van der Waals surface area contributed by atoms with E-state index in [4.69, 9.17) is 4.74 Å². The van der Waals surface area contributed by atoms with Gasteiger partial charge in [-0.25, -0.2) is 0 Å². The highest BCUT2D eigenvalue weighted by Gasteiger charge is 2.49. The van der Waals surface area contributed by atoms with Crippen LogP contribution in [0.4, 0.5) is 0 Å². The lowest BCUT2D eigenvalue weighted by Gasteiger charge is -2.05. The Hall–Kier alpha value is -1.38. The molecule has 3 nitrogen and oxygen atoms in total. The standard InChI is InChI=1S/C9H8O3/c10-4-1-6-5-3-8(5)12-9(6)7(11)2-4/h1-2,5,8,10-11H,3H2/t5-,8-/m0/s1. The van der Waals surface area contributed by atoms with E-state index in [9.17, 15) is 10.2 Å². The third kappa shape index (κ3) is 0.611. The van der Waals surface area contributed by atoms with Crippen LogP contribution in [0.25, 0.3) is 0 Å². The Morgan fingerprint density at radius 3 is 3.00 bits per heavy atom. The summed E-state index contributed by atoms with van der Waals surface area (Å²) >= 11 is 0. The first-order chi connectivity index (χ1) is 5.75. The second-order valence-electron chi connectivity index (χ2n) is 3.38. The molecule has 1 aliphatic carbocycles. The van der Waals surface area contributed by atoms with Gasteiger partial charge in [-0.3, -0.25) is 0 Å². The Kier molecular flexibility index (Phi) is 0.865. The molecule has 0 saturated heterocycles. The predicted octanol–water partition coefficient (Wildman–Crippen LogP) is 1.35. The van der Waals surface area contributed by atoms with E-state index in [2.05, 4.69) is 0 Å². The number of hydrogen-bond donors (Lipinski definition) is 2. The van der Waals surface area contributed by atoms with Gasteiger partial charge in [0.1, 0.15) is 11.9 Å². The number of rotatable bonds is 0. The molecule has 3 heteroatoms. The third-order valence-corrected chi connectivity index (χ3v) is 2.48. The van der Waals surface area contributed by atoms with Gasteiger partial charge in [-0.2, -0.15) is 0 Å². The molecule has 2 atom stereocenters. The molecule has 0 unspecified atom stereocenters. The topological polar surface area (TPSA) is 49.7 Å². The van der Waals surface area contributed by atoms with Gasteiger partial charge in [0, 0.05) is 17.5 Å². The van der Waals surface area contributed by atoms with E-state index in [1.807, 2.05) is 0 Å². The number of benzene rings is 1. The molecule has 62 valence electrons. The summed E-state index contributed by atoms with van der Waals surface area (Å²) in [5, 5.41) is 18.6. The lowest BCUT2D eigenvalue weighted by molar-refractivity contribution is 0.300. The van der Waals surface area contributed by atoms with Crippen molar-refractivity contribution < 1.29 is 14.9 Å². The van der Waals surface area contributed by atoms with Crippen molar-refractivity contribution in [2.24, 2.45) is 0 Å². The first-order valence-corrected chi connectivity index (χ1v) is 3.98. The number of fused-ring (bicyclic) bond motifs is 3. The van der Waals surface area contributed by atoms with Crippen LogP contribution in [-0.4, -0.2) is 16.3 Å². The van der Waals surface area contributed by atoms with E-state index < -0.39 is 0 Å². The average Bonchev–Trinajstić information content (AvgIpc) is 2.68. The quantitative estimate of drug-likeness (QED) is 0.608. The molecule has 1 heterocycles. The van der Waals surface area contributed by atoms with Gasteiger partial charge in [0.05, 0.1) is 0 Å². The van der Waals surface area contributed by atoms with Crippen LogP contribution in [0, 0.1) is 0 Å². The van der Waals surface area contributed by atoms with Crippen molar-refractivity contribution >= 4 is 0 Å². The van der Waals surface area contributed by atoms with Crippen LogP contribution in [0.15, 0.2) is 12.1 Å². The molecule has 1 aromatic rings.